The standard InChI is InChI=1S/C29H33N3O5S/c1-3-37-27-8-5-4-7-26(27)32(38(35,36)25-16-10-22(2)11-17-25)21-28(33)30-19-23-12-14-24(15-13-23)20-31-18-6-9-29(31)34/h4-5,7-8,10-17H,3,6,9,18-21H2,1-2H3,(H,30,33). The molecule has 0 bridgehead atoms. The molecule has 1 N–H and O–H groups in total. The molecule has 2 amide bonds. The van der Waals surface area contributed by atoms with Gasteiger partial charge in [0.25, 0.3) is 10.0 Å². The van der Waals surface area contributed by atoms with Gasteiger partial charge >= 0.3 is 0 Å². The van der Waals surface area contributed by atoms with E-state index in [9.17, 15) is 18.0 Å². The highest BCUT2D eigenvalue weighted by Gasteiger charge is 2.29. The van der Waals surface area contributed by atoms with Crippen molar-refractivity contribution in [2.24, 2.45) is 0 Å². The highest BCUT2D eigenvalue weighted by molar-refractivity contribution is 7.92. The molecule has 0 spiro atoms. The fourth-order valence-corrected chi connectivity index (χ4v) is 5.75. The van der Waals surface area contributed by atoms with Crippen molar-refractivity contribution >= 4 is 27.5 Å². The van der Waals surface area contributed by atoms with Crippen LogP contribution >= 0.6 is 0 Å². The molecule has 38 heavy (non-hydrogen) atoms. The Balaban J connectivity index is 1.48. The third kappa shape index (κ3) is 6.52. The van der Waals surface area contributed by atoms with Crippen molar-refractivity contribution in [3.63, 3.8) is 0 Å². The van der Waals surface area contributed by atoms with Crippen LogP contribution in [-0.4, -0.2) is 44.8 Å². The molecule has 3 aromatic rings. The van der Waals surface area contributed by atoms with Crippen molar-refractivity contribution in [1.82, 2.24) is 10.2 Å². The van der Waals surface area contributed by atoms with Crippen molar-refractivity contribution < 1.29 is 22.7 Å². The molecular weight excluding hydrogens is 502 g/mol. The summed E-state index contributed by atoms with van der Waals surface area (Å²) in [6.45, 7) is 5.24. The highest BCUT2D eigenvalue weighted by atomic mass is 32.2. The monoisotopic (exact) mass is 535 g/mol. The number of carbonyl (C=O) groups is 2. The number of para-hydroxylation sites is 2. The Morgan fingerprint density at radius 1 is 1.00 bits per heavy atom. The number of carbonyl (C=O) groups excluding carboxylic acids is 2. The lowest BCUT2D eigenvalue weighted by Crippen LogP contribution is -2.40. The van der Waals surface area contributed by atoms with Gasteiger partial charge in [-0.3, -0.25) is 13.9 Å². The summed E-state index contributed by atoms with van der Waals surface area (Å²) in [5, 5.41) is 2.83. The van der Waals surface area contributed by atoms with Crippen LogP contribution in [0.1, 0.15) is 36.5 Å². The second-order valence-corrected chi connectivity index (χ2v) is 11.1. The molecule has 8 nitrogen and oxygen atoms in total. The van der Waals surface area contributed by atoms with Crippen LogP contribution in [0.4, 0.5) is 5.69 Å². The average molecular weight is 536 g/mol. The van der Waals surface area contributed by atoms with E-state index in [1.165, 1.54) is 12.1 Å². The molecule has 1 aliphatic rings. The number of nitrogens with zero attached hydrogens (tertiary/aromatic N) is 2. The van der Waals surface area contributed by atoms with E-state index < -0.39 is 22.5 Å². The van der Waals surface area contributed by atoms with E-state index in [1.54, 1.807) is 36.4 Å². The summed E-state index contributed by atoms with van der Waals surface area (Å²) in [5.74, 6) is 0.113. The molecule has 0 saturated carbocycles. The molecule has 1 saturated heterocycles. The predicted octanol–water partition coefficient (Wildman–Crippen LogP) is 4.03. The summed E-state index contributed by atoms with van der Waals surface area (Å²) in [6.07, 6.45) is 1.50. The van der Waals surface area contributed by atoms with Gasteiger partial charge in [-0.15, -0.1) is 0 Å². The number of ether oxygens (including phenoxy) is 1. The molecule has 0 radical (unpaired) electrons. The summed E-state index contributed by atoms with van der Waals surface area (Å²) in [6, 6.07) is 21.0. The van der Waals surface area contributed by atoms with E-state index in [2.05, 4.69) is 5.32 Å². The van der Waals surface area contributed by atoms with E-state index in [-0.39, 0.29) is 17.3 Å². The van der Waals surface area contributed by atoms with E-state index in [4.69, 9.17) is 4.74 Å². The van der Waals surface area contributed by atoms with Gasteiger partial charge in [0.2, 0.25) is 11.8 Å². The maximum Gasteiger partial charge on any atom is 0.264 e. The normalized spacial score (nSPS) is 13.4. The number of rotatable bonds is 11. The van der Waals surface area contributed by atoms with Gasteiger partial charge in [-0.1, -0.05) is 54.1 Å². The van der Waals surface area contributed by atoms with Crippen molar-refractivity contribution in [2.75, 3.05) is 24.0 Å². The fourth-order valence-electron chi connectivity index (χ4n) is 4.32. The van der Waals surface area contributed by atoms with Crippen LogP contribution < -0.4 is 14.4 Å². The highest BCUT2D eigenvalue weighted by Crippen LogP contribution is 2.32. The van der Waals surface area contributed by atoms with E-state index in [0.29, 0.717) is 31.0 Å². The smallest absolute Gasteiger partial charge is 0.264 e. The van der Waals surface area contributed by atoms with E-state index in [0.717, 1.165) is 34.0 Å². The summed E-state index contributed by atoms with van der Waals surface area (Å²) >= 11 is 0. The number of nitrogens with one attached hydrogen (secondary N) is 1. The number of aryl methyl sites for hydroxylation is 1. The zero-order valence-corrected chi connectivity index (χ0v) is 22.5. The largest absolute Gasteiger partial charge is 0.492 e. The average Bonchev–Trinajstić information content (AvgIpc) is 3.31. The predicted molar refractivity (Wildman–Crippen MR) is 146 cm³/mol. The third-order valence-electron chi connectivity index (χ3n) is 6.39. The Bertz CT molecular complexity index is 1370. The van der Waals surface area contributed by atoms with Crippen LogP contribution in [0.15, 0.2) is 77.7 Å². The third-order valence-corrected chi connectivity index (χ3v) is 8.16. The summed E-state index contributed by atoms with van der Waals surface area (Å²) in [4.78, 5) is 26.8. The zero-order chi connectivity index (χ0) is 27.1. The Morgan fingerprint density at radius 3 is 2.34 bits per heavy atom. The first kappa shape index (κ1) is 27.2. The molecule has 0 aromatic heterocycles. The number of amides is 2. The van der Waals surface area contributed by atoms with Gasteiger partial charge in [0.1, 0.15) is 12.3 Å². The SMILES string of the molecule is CCOc1ccccc1N(CC(=O)NCc1ccc(CN2CCCC2=O)cc1)S(=O)(=O)c1ccc(C)cc1. The first-order valence-electron chi connectivity index (χ1n) is 12.7. The van der Waals surface area contributed by atoms with Gasteiger partial charge in [0, 0.05) is 26.1 Å². The Kier molecular flexibility index (Phi) is 8.68. The van der Waals surface area contributed by atoms with Crippen LogP contribution in [0.25, 0.3) is 0 Å². The number of benzene rings is 3. The molecule has 1 heterocycles. The van der Waals surface area contributed by atoms with Crippen LogP contribution in [0.3, 0.4) is 0 Å². The fraction of sp³-hybridized carbons (Fsp3) is 0.310. The number of hydrogen-bond donors (Lipinski definition) is 1. The Hall–Kier alpha value is -3.85. The molecule has 4 rings (SSSR count). The molecule has 0 aliphatic carbocycles. The van der Waals surface area contributed by atoms with Crippen LogP contribution in [-0.2, 0) is 32.7 Å². The molecule has 0 unspecified atom stereocenters. The summed E-state index contributed by atoms with van der Waals surface area (Å²) in [7, 11) is -4.05. The zero-order valence-electron chi connectivity index (χ0n) is 21.7. The molecule has 9 heteroatoms. The van der Waals surface area contributed by atoms with Gasteiger partial charge in [0.05, 0.1) is 17.2 Å². The second kappa shape index (κ2) is 12.1. The lowest BCUT2D eigenvalue weighted by atomic mass is 10.1. The van der Waals surface area contributed by atoms with Crippen LogP contribution in [0.2, 0.25) is 0 Å². The summed E-state index contributed by atoms with van der Waals surface area (Å²) in [5.41, 5.74) is 3.13. The molecule has 1 fully saturated rings. The van der Waals surface area contributed by atoms with Crippen molar-refractivity contribution in [3.8, 4) is 5.75 Å². The minimum atomic E-state index is -4.05. The number of hydrogen-bond acceptors (Lipinski definition) is 5. The summed E-state index contributed by atoms with van der Waals surface area (Å²) < 4.78 is 34.1. The van der Waals surface area contributed by atoms with E-state index in [1.807, 2.05) is 43.0 Å². The van der Waals surface area contributed by atoms with Crippen LogP contribution in [0, 0.1) is 6.92 Å². The number of sulfonamides is 1. The maximum absolute atomic E-state index is 13.7. The van der Waals surface area contributed by atoms with Crippen molar-refractivity contribution in [1.29, 1.82) is 0 Å². The molecule has 1 aliphatic heterocycles. The molecule has 3 aromatic carbocycles. The maximum atomic E-state index is 13.7. The first-order valence-corrected chi connectivity index (χ1v) is 14.2. The lowest BCUT2D eigenvalue weighted by Gasteiger charge is -2.26. The number of likely N-dealkylation sites (tertiary alicyclic amines) is 1. The lowest BCUT2D eigenvalue weighted by molar-refractivity contribution is -0.128. The quantitative estimate of drug-likeness (QED) is 0.400. The van der Waals surface area contributed by atoms with Gasteiger partial charge in [-0.2, -0.15) is 0 Å². The Labute approximate surface area is 224 Å². The van der Waals surface area contributed by atoms with Crippen molar-refractivity contribution in [2.45, 2.75) is 44.7 Å². The first-order chi connectivity index (χ1) is 18.3. The minimum absolute atomic E-state index is 0.0919. The molecule has 200 valence electrons. The Morgan fingerprint density at radius 2 is 1.68 bits per heavy atom. The van der Waals surface area contributed by atoms with Crippen LogP contribution in [0.5, 0.6) is 5.75 Å². The molecular formula is C29H33N3O5S. The topological polar surface area (TPSA) is 96.0 Å². The second-order valence-electron chi connectivity index (χ2n) is 9.24. The number of anilines is 1. The van der Waals surface area contributed by atoms with Gasteiger partial charge in [-0.25, -0.2) is 8.42 Å². The molecule has 0 atom stereocenters. The minimum Gasteiger partial charge on any atom is -0.492 e. The van der Waals surface area contributed by atoms with E-state index >= 15 is 0 Å². The van der Waals surface area contributed by atoms with Gasteiger partial charge < -0.3 is 15.0 Å². The van der Waals surface area contributed by atoms with Gasteiger partial charge in [0.15, 0.2) is 0 Å². The van der Waals surface area contributed by atoms with Crippen molar-refractivity contribution in [3.05, 3.63) is 89.5 Å². The van der Waals surface area contributed by atoms with Gasteiger partial charge in [-0.05, 0) is 55.7 Å².